The zero-order chi connectivity index (χ0) is 15.7. The summed E-state index contributed by atoms with van der Waals surface area (Å²) in [5, 5.41) is 2.47. The van der Waals surface area contributed by atoms with Gasteiger partial charge in [0.25, 0.3) is 0 Å². The molecule has 1 aromatic carbocycles. The van der Waals surface area contributed by atoms with Crippen molar-refractivity contribution in [2.45, 2.75) is 12.8 Å². The van der Waals surface area contributed by atoms with Gasteiger partial charge in [-0.25, -0.2) is 0 Å². The highest BCUT2D eigenvalue weighted by Crippen LogP contribution is 2.17. The number of nitrogens with one attached hydrogen (secondary N) is 1. The highest BCUT2D eigenvalue weighted by atomic mass is 16.5. The molecule has 6 heteroatoms. The van der Waals surface area contributed by atoms with Gasteiger partial charge >= 0.3 is 5.97 Å². The number of hydrogen-bond acceptors (Lipinski definition) is 5. The largest absolute Gasteiger partial charge is 0.497 e. The van der Waals surface area contributed by atoms with Crippen molar-refractivity contribution >= 4 is 18.2 Å². The van der Waals surface area contributed by atoms with E-state index in [0.717, 1.165) is 5.56 Å². The molecule has 1 atom stereocenters. The Morgan fingerprint density at radius 3 is 2.43 bits per heavy atom. The molecule has 114 valence electrons. The molecule has 0 aliphatic heterocycles. The quantitative estimate of drug-likeness (QED) is 0.564. The number of carbonyl (C=O) groups excluding carboxylic acids is 3. The molecule has 0 fully saturated rings. The normalized spacial score (nSPS) is 11.3. The van der Waals surface area contributed by atoms with Crippen LogP contribution in [0.2, 0.25) is 0 Å². The van der Waals surface area contributed by atoms with Crippen molar-refractivity contribution in [1.82, 2.24) is 5.32 Å². The molecule has 21 heavy (non-hydrogen) atoms. The van der Waals surface area contributed by atoms with Crippen LogP contribution in [-0.4, -0.2) is 38.9 Å². The summed E-state index contributed by atoms with van der Waals surface area (Å²) in [5.74, 6) is -0.669. The minimum Gasteiger partial charge on any atom is -0.497 e. The van der Waals surface area contributed by atoms with E-state index in [2.05, 4.69) is 10.1 Å². The van der Waals surface area contributed by atoms with Crippen molar-refractivity contribution in [2.75, 3.05) is 20.8 Å². The molecule has 0 saturated carbocycles. The maximum absolute atomic E-state index is 12.0. The third-order valence-corrected chi connectivity index (χ3v) is 3.01. The molecule has 0 aliphatic rings. The second-order valence-corrected chi connectivity index (χ2v) is 4.44. The van der Waals surface area contributed by atoms with Crippen LogP contribution in [0.5, 0.6) is 5.75 Å². The first-order valence-electron chi connectivity index (χ1n) is 6.51. The van der Waals surface area contributed by atoms with Crippen LogP contribution in [0.1, 0.15) is 12.0 Å². The third-order valence-electron chi connectivity index (χ3n) is 3.01. The summed E-state index contributed by atoms with van der Waals surface area (Å²) in [4.78, 5) is 33.7. The Kier molecular flexibility index (Phi) is 6.94. The molecule has 0 radical (unpaired) electrons. The van der Waals surface area contributed by atoms with Crippen molar-refractivity contribution in [3.8, 4) is 5.75 Å². The highest BCUT2D eigenvalue weighted by Gasteiger charge is 2.22. The topological polar surface area (TPSA) is 81.7 Å². The molecule has 1 amide bonds. The predicted octanol–water partition coefficient (Wildman–Crippen LogP) is 0.732. The lowest BCUT2D eigenvalue weighted by Crippen LogP contribution is -2.34. The lowest BCUT2D eigenvalue weighted by atomic mass is 9.95. The first kappa shape index (κ1) is 16.7. The van der Waals surface area contributed by atoms with Gasteiger partial charge in [-0.3, -0.25) is 9.59 Å². The van der Waals surface area contributed by atoms with E-state index >= 15 is 0 Å². The average molecular weight is 293 g/mol. The third kappa shape index (κ3) is 5.64. The fourth-order valence-corrected chi connectivity index (χ4v) is 1.87. The van der Waals surface area contributed by atoms with E-state index in [4.69, 9.17) is 4.74 Å². The Hall–Kier alpha value is -2.37. The van der Waals surface area contributed by atoms with Crippen LogP contribution in [0.3, 0.4) is 0 Å². The van der Waals surface area contributed by atoms with Gasteiger partial charge in [0, 0.05) is 0 Å². The summed E-state index contributed by atoms with van der Waals surface area (Å²) in [6, 6.07) is 7.23. The minimum atomic E-state index is -0.578. The fraction of sp³-hybridized carbons (Fsp3) is 0.400. The van der Waals surface area contributed by atoms with Crippen molar-refractivity contribution in [3.63, 3.8) is 0 Å². The van der Waals surface area contributed by atoms with Crippen LogP contribution in [0.15, 0.2) is 24.3 Å². The van der Waals surface area contributed by atoms with Crippen LogP contribution in [0.25, 0.3) is 0 Å². The van der Waals surface area contributed by atoms with Gasteiger partial charge in [-0.1, -0.05) is 12.1 Å². The number of esters is 1. The molecule has 0 spiro atoms. The zero-order valence-electron chi connectivity index (χ0n) is 12.1. The molecule has 0 saturated heterocycles. The average Bonchev–Trinajstić information content (AvgIpc) is 2.52. The number of ether oxygens (including phenoxy) is 2. The SMILES string of the molecule is COC(=O)CC(Cc1ccc(OC)cc1)C(=O)NCC=O. The maximum atomic E-state index is 12.0. The molecule has 1 aromatic rings. The summed E-state index contributed by atoms with van der Waals surface area (Å²) in [6.45, 7) is -0.0703. The first-order valence-corrected chi connectivity index (χ1v) is 6.51. The van der Waals surface area contributed by atoms with E-state index < -0.39 is 11.9 Å². The number of hydrogen-bond donors (Lipinski definition) is 1. The van der Waals surface area contributed by atoms with Crippen LogP contribution >= 0.6 is 0 Å². The first-order chi connectivity index (χ1) is 10.1. The number of rotatable bonds is 8. The van der Waals surface area contributed by atoms with E-state index in [-0.39, 0.29) is 18.9 Å². The van der Waals surface area contributed by atoms with Gasteiger partial charge < -0.3 is 19.6 Å². The Labute approximate surface area is 123 Å². The summed E-state index contributed by atoms with van der Waals surface area (Å²) in [6.07, 6.45) is 0.942. The molecule has 6 nitrogen and oxygen atoms in total. The van der Waals surface area contributed by atoms with E-state index in [1.165, 1.54) is 7.11 Å². The van der Waals surface area contributed by atoms with Crippen molar-refractivity contribution in [3.05, 3.63) is 29.8 Å². The standard InChI is InChI=1S/C15H19NO5/c1-20-13-5-3-11(4-6-13)9-12(10-14(18)21-2)15(19)16-7-8-17/h3-6,8,12H,7,9-10H2,1-2H3,(H,16,19). The van der Waals surface area contributed by atoms with E-state index in [1.807, 2.05) is 12.1 Å². The molecule has 0 aliphatic carbocycles. The monoisotopic (exact) mass is 293 g/mol. The molecule has 1 rings (SSSR count). The van der Waals surface area contributed by atoms with Crippen LogP contribution < -0.4 is 10.1 Å². The van der Waals surface area contributed by atoms with Crippen molar-refractivity contribution in [2.24, 2.45) is 5.92 Å². The summed E-state index contributed by atoms with van der Waals surface area (Å²) in [7, 11) is 2.85. The summed E-state index contributed by atoms with van der Waals surface area (Å²) in [5.41, 5.74) is 0.894. The van der Waals surface area contributed by atoms with Crippen molar-refractivity contribution in [1.29, 1.82) is 0 Å². The molecule has 0 heterocycles. The lowest BCUT2D eigenvalue weighted by Gasteiger charge is -2.15. The summed E-state index contributed by atoms with van der Waals surface area (Å²) >= 11 is 0. The molecular weight excluding hydrogens is 274 g/mol. The second-order valence-electron chi connectivity index (χ2n) is 4.44. The molecule has 0 aromatic heterocycles. The Morgan fingerprint density at radius 2 is 1.90 bits per heavy atom. The van der Waals surface area contributed by atoms with Gasteiger partial charge in [0.2, 0.25) is 5.91 Å². The zero-order valence-corrected chi connectivity index (χ0v) is 12.1. The van der Waals surface area contributed by atoms with Gasteiger partial charge in [-0.2, -0.15) is 0 Å². The smallest absolute Gasteiger partial charge is 0.306 e. The molecular formula is C15H19NO5. The van der Waals surface area contributed by atoms with Gasteiger partial charge in [0.1, 0.15) is 12.0 Å². The minimum absolute atomic E-state index is 0.0345. The van der Waals surface area contributed by atoms with E-state index in [0.29, 0.717) is 18.5 Å². The highest BCUT2D eigenvalue weighted by molar-refractivity contribution is 5.85. The summed E-state index contributed by atoms with van der Waals surface area (Å²) < 4.78 is 9.67. The van der Waals surface area contributed by atoms with E-state index in [9.17, 15) is 14.4 Å². The number of aldehydes is 1. The van der Waals surface area contributed by atoms with Gasteiger partial charge in [-0.15, -0.1) is 0 Å². The molecule has 1 unspecified atom stereocenters. The van der Waals surface area contributed by atoms with Gasteiger partial charge in [0.05, 0.1) is 33.1 Å². The second kappa shape index (κ2) is 8.73. The van der Waals surface area contributed by atoms with Crippen LogP contribution in [0, 0.1) is 5.92 Å². The Bertz CT molecular complexity index is 483. The fourth-order valence-electron chi connectivity index (χ4n) is 1.87. The van der Waals surface area contributed by atoms with Crippen molar-refractivity contribution < 1.29 is 23.9 Å². The van der Waals surface area contributed by atoms with Crippen LogP contribution in [0.4, 0.5) is 0 Å². The number of amides is 1. The number of carbonyl (C=O) groups is 3. The predicted molar refractivity (Wildman–Crippen MR) is 75.9 cm³/mol. The number of benzene rings is 1. The Morgan fingerprint density at radius 1 is 1.24 bits per heavy atom. The van der Waals surface area contributed by atoms with Gasteiger partial charge in [0.15, 0.2) is 0 Å². The molecule has 1 N–H and O–H groups in total. The number of methoxy groups -OCH3 is 2. The van der Waals surface area contributed by atoms with E-state index in [1.54, 1.807) is 19.2 Å². The van der Waals surface area contributed by atoms with Gasteiger partial charge in [-0.05, 0) is 24.1 Å². The maximum Gasteiger partial charge on any atom is 0.306 e. The lowest BCUT2D eigenvalue weighted by molar-refractivity contribution is -0.144. The Balaban J connectivity index is 2.76. The van der Waals surface area contributed by atoms with Crippen LogP contribution in [-0.2, 0) is 25.5 Å². The molecule has 0 bridgehead atoms.